The summed E-state index contributed by atoms with van der Waals surface area (Å²) in [6.45, 7) is 1.16. The molecule has 1 aromatic heterocycles. The van der Waals surface area contributed by atoms with Crippen molar-refractivity contribution < 1.29 is 14.1 Å². The van der Waals surface area contributed by atoms with Gasteiger partial charge in [-0.1, -0.05) is 17.3 Å². The summed E-state index contributed by atoms with van der Waals surface area (Å²) in [6, 6.07) is 7.48. The first-order valence-electron chi connectivity index (χ1n) is 9.25. The number of rotatable bonds is 5. The van der Waals surface area contributed by atoms with Crippen LogP contribution in [-0.4, -0.2) is 34.7 Å². The highest BCUT2D eigenvalue weighted by molar-refractivity contribution is 5.74. The van der Waals surface area contributed by atoms with Crippen LogP contribution in [0.15, 0.2) is 28.8 Å². The van der Waals surface area contributed by atoms with Gasteiger partial charge in [-0.15, -0.1) is 0 Å². The fourth-order valence-corrected chi connectivity index (χ4v) is 3.38. The van der Waals surface area contributed by atoms with Crippen LogP contribution in [0.5, 0.6) is 5.75 Å². The number of piperidine rings is 1. The molecule has 1 saturated heterocycles. The van der Waals surface area contributed by atoms with Crippen molar-refractivity contribution in [3.63, 3.8) is 0 Å². The molecule has 1 aliphatic carbocycles. The minimum absolute atomic E-state index is 0.0938. The van der Waals surface area contributed by atoms with Gasteiger partial charge in [0.2, 0.25) is 5.89 Å². The molecule has 26 heavy (non-hydrogen) atoms. The number of likely N-dealkylation sites (tertiary alicyclic amines) is 1. The zero-order valence-electron chi connectivity index (χ0n) is 15.0. The Morgan fingerprint density at radius 2 is 2.23 bits per heavy atom. The molecule has 2 fully saturated rings. The van der Waals surface area contributed by atoms with E-state index in [4.69, 9.17) is 9.26 Å². The second-order valence-electron chi connectivity index (χ2n) is 6.98. The first-order chi connectivity index (χ1) is 12.7. The van der Waals surface area contributed by atoms with Crippen molar-refractivity contribution in [3.05, 3.63) is 41.5 Å². The predicted octanol–water partition coefficient (Wildman–Crippen LogP) is 3.39. The van der Waals surface area contributed by atoms with E-state index in [1.54, 1.807) is 7.11 Å². The topological polar surface area (TPSA) is 80.5 Å². The summed E-state index contributed by atoms with van der Waals surface area (Å²) >= 11 is 0. The molecule has 0 unspecified atom stereocenters. The molecule has 1 aromatic carbocycles. The lowest BCUT2D eigenvalue weighted by Crippen LogP contribution is -2.44. The van der Waals surface area contributed by atoms with Crippen LogP contribution >= 0.6 is 0 Å². The maximum Gasteiger partial charge on any atom is 0.318 e. The van der Waals surface area contributed by atoms with Crippen molar-refractivity contribution in [2.75, 3.05) is 13.7 Å². The number of urea groups is 1. The van der Waals surface area contributed by atoms with E-state index < -0.39 is 0 Å². The van der Waals surface area contributed by atoms with Gasteiger partial charge in [0.15, 0.2) is 5.82 Å². The third-order valence-corrected chi connectivity index (χ3v) is 5.03. The Kier molecular flexibility index (Phi) is 4.77. The molecule has 7 nitrogen and oxygen atoms in total. The van der Waals surface area contributed by atoms with Gasteiger partial charge >= 0.3 is 6.03 Å². The quantitative estimate of drug-likeness (QED) is 0.888. The van der Waals surface area contributed by atoms with Crippen LogP contribution in [0.2, 0.25) is 0 Å². The molecule has 138 valence electrons. The Bertz CT molecular complexity index is 772. The number of ether oxygens (including phenoxy) is 1. The van der Waals surface area contributed by atoms with Gasteiger partial charge in [0.05, 0.1) is 7.11 Å². The Hall–Kier alpha value is -2.57. The van der Waals surface area contributed by atoms with Crippen molar-refractivity contribution in [1.29, 1.82) is 0 Å². The second kappa shape index (κ2) is 7.35. The van der Waals surface area contributed by atoms with Crippen molar-refractivity contribution in [1.82, 2.24) is 20.4 Å². The summed E-state index contributed by atoms with van der Waals surface area (Å²) in [6.07, 6.45) is 5.18. The highest BCUT2D eigenvalue weighted by Crippen LogP contribution is 2.39. The normalized spacial score (nSPS) is 20.0. The fourth-order valence-electron chi connectivity index (χ4n) is 3.38. The lowest BCUT2D eigenvalue weighted by molar-refractivity contribution is 0.131. The van der Waals surface area contributed by atoms with Crippen molar-refractivity contribution in [2.24, 2.45) is 0 Å². The summed E-state index contributed by atoms with van der Waals surface area (Å²) in [5, 5.41) is 7.10. The molecule has 2 heterocycles. The smallest absolute Gasteiger partial charge is 0.318 e. The van der Waals surface area contributed by atoms with E-state index in [1.807, 2.05) is 29.2 Å². The number of carbonyl (C=O) groups is 1. The molecular formula is C19H24N4O3. The average molecular weight is 356 g/mol. The summed E-state index contributed by atoms with van der Waals surface area (Å²) < 4.78 is 10.7. The molecule has 2 amide bonds. The number of amides is 2. The van der Waals surface area contributed by atoms with Gasteiger partial charge in [0.25, 0.3) is 0 Å². The number of carbonyl (C=O) groups excluding carboxylic acids is 1. The van der Waals surface area contributed by atoms with E-state index in [1.165, 1.54) is 0 Å². The van der Waals surface area contributed by atoms with Gasteiger partial charge < -0.3 is 19.5 Å². The lowest BCUT2D eigenvalue weighted by atomic mass is 10.0. The van der Waals surface area contributed by atoms with E-state index in [2.05, 4.69) is 15.5 Å². The van der Waals surface area contributed by atoms with Crippen molar-refractivity contribution in [2.45, 2.75) is 50.6 Å². The van der Waals surface area contributed by atoms with Gasteiger partial charge in [0.1, 0.15) is 11.8 Å². The van der Waals surface area contributed by atoms with E-state index in [0.717, 1.165) is 49.2 Å². The summed E-state index contributed by atoms with van der Waals surface area (Å²) in [4.78, 5) is 19.1. The van der Waals surface area contributed by atoms with Crippen molar-refractivity contribution in [3.8, 4) is 5.75 Å². The van der Waals surface area contributed by atoms with E-state index in [-0.39, 0.29) is 12.1 Å². The molecule has 0 spiro atoms. The maximum absolute atomic E-state index is 12.8. The molecule has 7 heteroatoms. The van der Waals surface area contributed by atoms with Crippen LogP contribution in [0.4, 0.5) is 4.79 Å². The van der Waals surface area contributed by atoms with Crippen LogP contribution in [0.25, 0.3) is 0 Å². The number of nitrogens with zero attached hydrogens (tertiary/aromatic N) is 3. The maximum atomic E-state index is 12.8. The highest BCUT2D eigenvalue weighted by Gasteiger charge is 2.34. The first-order valence-corrected chi connectivity index (χ1v) is 9.25. The molecule has 2 aromatic rings. The Morgan fingerprint density at radius 1 is 1.35 bits per heavy atom. The Morgan fingerprint density at radius 3 is 3.04 bits per heavy atom. The summed E-state index contributed by atoms with van der Waals surface area (Å²) in [5.74, 6) is 2.60. The number of benzene rings is 1. The number of hydrogen-bond donors (Lipinski definition) is 1. The lowest BCUT2D eigenvalue weighted by Gasteiger charge is -2.33. The molecule has 1 saturated carbocycles. The zero-order chi connectivity index (χ0) is 17.9. The van der Waals surface area contributed by atoms with Crippen LogP contribution in [0.3, 0.4) is 0 Å². The van der Waals surface area contributed by atoms with Crippen molar-refractivity contribution >= 4 is 6.03 Å². The standard InChI is InChI=1S/C19H24N4O3/c1-25-15-6-4-5-13(11-15)12-20-19(24)23-10-3-2-7-16(23)18-21-17(22-26-18)14-8-9-14/h4-6,11,14,16H,2-3,7-10,12H2,1H3,(H,20,24)/t16-/m1/s1. The zero-order valence-corrected chi connectivity index (χ0v) is 15.0. The summed E-state index contributed by atoms with van der Waals surface area (Å²) in [5.41, 5.74) is 1.00. The SMILES string of the molecule is COc1cccc(CNC(=O)N2CCCC[C@@H]2c2nc(C3CC3)no2)c1. The second-order valence-corrected chi connectivity index (χ2v) is 6.98. The number of nitrogens with one attached hydrogen (secondary N) is 1. The summed E-state index contributed by atoms with van der Waals surface area (Å²) in [7, 11) is 1.64. The Labute approximate surface area is 152 Å². The molecule has 0 bridgehead atoms. The fraction of sp³-hybridized carbons (Fsp3) is 0.526. The Balaban J connectivity index is 1.42. The monoisotopic (exact) mass is 356 g/mol. The van der Waals surface area contributed by atoms with Crippen LogP contribution in [-0.2, 0) is 6.54 Å². The number of methoxy groups -OCH3 is 1. The molecule has 0 radical (unpaired) electrons. The third-order valence-electron chi connectivity index (χ3n) is 5.03. The molecule has 1 aliphatic heterocycles. The highest BCUT2D eigenvalue weighted by atomic mass is 16.5. The van der Waals surface area contributed by atoms with Gasteiger partial charge in [-0.05, 0) is 49.8 Å². The molecule has 1 N–H and O–H groups in total. The molecule has 2 aliphatic rings. The first kappa shape index (κ1) is 16.9. The molecular weight excluding hydrogens is 332 g/mol. The number of hydrogen-bond acceptors (Lipinski definition) is 5. The van der Waals surface area contributed by atoms with E-state index in [0.29, 0.717) is 24.9 Å². The third kappa shape index (κ3) is 3.66. The average Bonchev–Trinajstić information content (AvgIpc) is 3.43. The van der Waals surface area contributed by atoms with Gasteiger partial charge in [-0.25, -0.2) is 4.79 Å². The number of aromatic nitrogens is 2. The van der Waals surface area contributed by atoms with E-state index >= 15 is 0 Å². The molecule has 4 rings (SSSR count). The van der Waals surface area contributed by atoms with Crippen LogP contribution < -0.4 is 10.1 Å². The molecule has 1 atom stereocenters. The van der Waals surface area contributed by atoms with Gasteiger partial charge in [0, 0.05) is 19.0 Å². The van der Waals surface area contributed by atoms with Gasteiger partial charge in [-0.3, -0.25) is 0 Å². The van der Waals surface area contributed by atoms with Gasteiger partial charge in [-0.2, -0.15) is 4.98 Å². The van der Waals surface area contributed by atoms with Crippen LogP contribution in [0.1, 0.15) is 61.3 Å². The van der Waals surface area contributed by atoms with Crippen LogP contribution in [0, 0.1) is 0 Å². The minimum atomic E-state index is -0.131. The van der Waals surface area contributed by atoms with E-state index in [9.17, 15) is 4.79 Å². The predicted molar refractivity (Wildman–Crippen MR) is 94.8 cm³/mol. The largest absolute Gasteiger partial charge is 0.497 e. The minimum Gasteiger partial charge on any atom is -0.497 e.